The van der Waals surface area contributed by atoms with E-state index in [2.05, 4.69) is 21.3 Å². The number of nitrogens with zero attached hydrogens (tertiary/aromatic N) is 3. The Morgan fingerprint density at radius 1 is 1.00 bits per heavy atom. The number of amides is 2. The van der Waals surface area contributed by atoms with Gasteiger partial charge in [0.2, 0.25) is 11.8 Å². The summed E-state index contributed by atoms with van der Waals surface area (Å²) in [4.78, 5) is 33.5. The number of rotatable bonds is 8. The first-order chi connectivity index (χ1) is 15.6. The average molecular weight is 471 g/mol. The van der Waals surface area contributed by atoms with Crippen molar-refractivity contribution in [2.45, 2.75) is 25.7 Å². The maximum absolute atomic E-state index is 12.6. The van der Waals surface area contributed by atoms with E-state index in [-0.39, 0.29) is 11.8 Å². The SMILES string of the molecule is O=C(CN1CCN(C(=O)CCCCc2nc3ccccc3s2)CC1)Nc1ccccc1Cl. The van der Waals surface area contributed by atoms with Gasteiger partial charge >= 0.3 is 0 Å². The zero-order valence-corrected chi connectivity index (χ0v) is 19.5. The Morgan fingerprint density at radius 3 is 2.53 bits per heavy atom. The molecule has 1 aromatic heterocycles. The van der Waals surface area contributed by atoms with Gasteiger partial charge in [-0.2, -0.15) is 0 Å². The largest absolute Gasteiger partial charge is 0.340 e. The monoisotopic (exact) mass is 470 g/mol. The highest BCUT2D eigenvalue weighted by Gasteiger charge is 2.22. The molecule has 0 spiro atoms. The molecular formula is C24H27ClN4O2S. The van der Waals surface area contributed by atoms with E-state index in [0.29, 0.717) is 49.9 Å². The third kappa shape index (κ3) is 6.06. The first kappa shape index (κ1) is 22.7. The summed E-state index contributed by atoms with van der Waals surface area (Å²) in [6.07, 6.45) is 3.32. The van der Waals surface area contributed by atoms with Crippen LogP contribution >= 0.6 is 22.9 Å². The Balaban J connectivity index is 1.13. The number of hydrogen-bond donors (Lipinski definition) is 1. The third-order valence-corrected chi connectivity index (χ3v) is 7.04. The zero-order valence-electron chi connectivity index (χ0n) is 17.9. The predicted octanol–water partition coefficient (Wildman–Crippen LogP) is 4.45. The summed E-state index contributed by atoms with van der Waals surface area (Å²) in [6.45, 7) is 3.03. The molecule has 0 aliphatic carbocycles. The lowest BCUT2D eigenvalue weighted by molar-refractivity contribution is -0.133. The number of aromatic nitrogens is 1. The van der Waals surface area contributed by atoms with E-state index in [9.17, 15) is 9.59 Å². The number of carbonyl (C=O) groups excluding carboxylic acids is 2. The Bertz CT molecular complexity index is 1050. The molecule has 1 saturated heterocycles. The van der Waals surface area contributed by atoms with Gasteiger partial charge in [0, 0.05) is 32.6 Å². The van der Waals surface area contributed by atoms with Crippen molar-refractivity contribution >= 4 is 50.7 Å². The molecule has 0 bridgehead atoms. The number of nitrogens with one attached hydrogen (secondary N) is 1. The van der Waals surface area contributed by atoms with E-state index >= 15 is 0 Å². The lowest BCUT2D eigenvalue weighted by Gasteiger charge is -2.34. The van der Waals surface area contributed by atoms with Gasteiger partial charge in [0.05, 0.1) is 32.5 Å². The normalized spacial score (nSPS) is 14.6. The van der Waals surface area contributed by atoms with Crippen LogP contribution in [0.2, 0.25) is 5.02 Å². The van der Waals surface area contributed by atoms with Gasteiger partial charge in [-0.3, -0.25) is 14.5 Å². The number of carbonyl (C=O) groups is 2. The summed E-state index contributed by atoms with van der Waals surface area (Å²) in [5.41, 5.74) is 1.68. The lowest BCUT2D eigenvalue weighted by Crippen LogP contribution is -2.50. The van der Waals surface area contributed by atoms with E-state index in [4.69, 9.17) is 11.6 Å². The van der Waals surface area contributed by atoms with Crippen LogP contribution in [0, 0.1) is 0 Å². The van der Waals surface area contributed by atoms with Crippen LogP contribution in [0.5, 0.6) is 0 Å². The second kappa shape index (κ2) is 10.9. The molecule has 0 unspecified atom stereocenters. The van der Waals surface area contributed by atoms with Gasteiger partial charge in [0.1, 0.15) is 0 Å². The molecule has 2 amide bonds. The molecule has 1 N–H and O–H groups in total. The lowest BCUT2D eigenvalue weighted by atomic mass is 10.1. The van der Waals surface area contributed by atoms with E-state index < -0.39 is 0 Å². The molecule has 1 aliphatic rings. The molecule has 32 heavy (non-hydrogen) atoms. The Hall–Kier alpha value is -2.48. The number of para-hydroxylation sites is 2. The average Bonchev–Trinajstić information content (AvgIpc) is 3.21. The summed E-state index contributed by atoms with van der Waals surface area (Å²) < 4.78 is 1.22. The van der Waals surface area contributed by atoms with Crippen molar-refractivity contribution in [3.63, 3.8) is 0 Å². The van der Waals surface area contributed by atoms with Crippen LogP contribution in [0.25, 0.3) is 10.2 Å². The standard InChI is InChI=1S/C24H27ClN4O2S/c25-18-7-1-2-8-19(18)26-22(30)17-28-13-15-29(16-14-28)24(31)12-6-5-11-23-27-20-9-3-4-10-21(20)32-23/h1-4,7-10H,5-6,11-17H2,(H,26,30). The van der Waals surface area contributed by atoms with Gasteiger partial charge in [-0.05, 0) is 43.5 Å². The van der Waals surface area contributed by atoms with Crippen molar-refractivity contribution < 1.29 is 9.59 Å². The second-order valence-electron chi connectivity index (χ2n) is 7.97. The highest BCUT2D eigenvalue weighted by Crippen LogP contribution is 2.23. The van der Waals surface area contributed by atoms with Gasteiger partial charge in [-0.25, -0.2) is 4.98 Å². The molecule has 6 nitrogen and oxygen atoms in total. The van der Waals surface area contributed by atoms with E-state index in [0.717, 1.165) is 29.8 Å². The number of anilines is 1. The first-order valence-electron chi connectivity index (χ1n) is 11.0. The van der Waals surface area contributed by atoms with Gasteiger partial charge in [0.15, 0.2) is 0 Å². The highest BCUT2D eigenvalue weighted by atomic mass is 35.5. The maximum Gasteiger partial charge on any atom is 0.238 e. The quantitative estimate of drug-likeness (QED) is 0.494. The van der Waals surface area contributed by atoms with Crippen LogP contribution in [-0.4, -0.2) is 59.3 Å². The first-order valence-corrected chi connectivity index (χ1v) is 12.2. The molecule has 0 saturated carbocycles. The predicted molar refractivity (Wildman–Crippen MR) is 130 cm³/mol. The maximum atomic E-state index is 12.6. The summed E-state index contributed by atoms with van der Waals surface area (Å²) in [7, 11) is 0. The van der Waals surface area contributed by atoms with E-state index in [1.807, 2.05) is 35.2 Å². The van der Waals surface area contributed by atoms with Crippen LogP contribution in [0.1, 0.15) is 24.3 Å². The summed E-state index contributed by atoms with van der Waals surface area (Å²) in [6, 6.07) is 15.4. The number of unbranched alkanes of at least 4 members (excludes halogenated alkanes) is 1. The minimum atomic E-state index is -0.0901. The topological polar surface area (TPSA) is 65.5 Å². The number of fused-ring (bicyclic) bond motifs is 1. The highest BCUT2D eigenvalue weighted by molar-refractivity contribution is 7.18. The number of hydrogen-bond acceptors (Lipinski definition) is 5. The fourth-order valence-corrected chi connectivity index (χ4v) is 5.04. The van der Waals surface area contributed by atoms with Crippen LogP contribution in [0.3, 0.4) is 0 Å². The zero-order chi connectivity index (χ0) is 22.3. The summed E-state index contributed by atoms with van der Waals surface area (Å²) in [5.74, 6) is 0.113. The molecule has 1 aliphatic heterocycles. The molecule has 168 valence electrons. The van der Waals surface area contributed by atoms with Crippen LogP contribution < -0.4 is 5.32 Å². The minimum absolute atomic E-state index is 0.0901. The van der Waals surface area contributed by atoms with Crippen LogP contribution in [0.15, 0.2) is 48.5 Å². The smallest absolute Gasteiger partial charge is 0.238 e. The van der Waals surface area contributed by atoms with E-state index in [1.54, 1.807) is 23.5 Å². The Labute approximate surface area is 197 Å². The number of halogens is 1. The number of thiazole rings is 1. The van der Waals surface area contributed by atoms with Gasteiger partial charge in [-0.15, -0.1) is 11.3 Å². The summed E-state index contributed by atoms with van der Waals surface area (Å²) in [5, 5.41) is 4.52. The molecule has 2 heterocycles. The Morgan fingerprint density at radius 2 is 1.75 bits per heavy atom. The third-order valence-electron chi connectivity index (χ3n) is 5.61. The fourth-order valence-electron chi connectivity index (χ4n) is 3.85. The molecule has 4 rings (SSSR count). The van der Waals surface area contributed by atoms with Crippen LogP contribution in [-0.2, 0) is 16.0 Å². The Kier molecular flexibility index (Phi) is 7.73. The van der Waals surface area contributed by atoms with Crippen molar-refractivity contribution in [1.82, 2.24) is 14.8 Å². The van der Waals surface area contributed by atoms with Crippen molar-refractivity contribution in [2.75, 3.05) is 38.0 Å². The number of piperazine rings is 1. The molecule has 8 heteroatoms. The molecule has 0 radical (unpaired) electrons. The fraction of sp³-hybridized carbons (Fsp3) is 0.375. The molecular weight excluding hydrogens is 444 g/mol. The molecule has 3 aromatic rings. The molecule has 1 fully saturated rings. The van der Waals surface area contributed by atoms with Gasteiger partial charge < -0.3 is 10.2 Å². The van der Waals surface area contributed by atoms with Crippen LogP contribution in [0.4, 0.5) is 5.69 Å². The van der Waals surface area contributed by atoms with Gasteiger partial charge in [0.25, 0.3) is 0 Å². The van der Waals surface area contributed by atoms with Gasteiger partial charge in [-0.1, -0.05) is 35.9 Å². The van der Waals surface area contributed by atoms with Crippen molar-refractivity contribution in [2.24, 2.45) is 0 Å². The second-order valence-corrected chi connectivity index (χ2v) is 9.49. The molecule has 2 aromatic carbocycles. The van der Waals surface area contributed by atoms with Crippen molar-refractivity contribution in [3.05, 3.63) is 58.6 Å². The van der Waals surface area contributed by atoms with E-state index in [1.165, 1.54) is 4.70 Å². The van der Waals surface area contributed by atoms with Crippen molar-refractivity contribution in [1.29, 1.82) is 0 Å². The minimum Gasteiger partial charge on any atom is -0.340 e. The van der Waals surface area contributed by atoms with Crippen molar-refractivity contribution in [3.8, 4) is 0 Å². The molecule has 0 atom stereocenters. The number of aryl methyl sites for hydroxylation is 1. The summed E-state index contributed by atoms with van der Waals surface area (Å²) >= 11 is 7.83. The number of benzene rings is 2.